The number of phenolic OH excluding ortho intramolecular Hbond substituents is 2. The number of aromatic nitrogens is 2. The van der Waals surface area contributed by atoms with Crippen molar-refractivity contribution in [1.29, 1.82) is 0 Å². The molecule has 0 spiro atoms. The molecular formula is C56H53ClF2N4O18S3. The number of halogens is 3. The number of nitrogens with zero attached hydrogens (tertiary/aromatic N) is 2. The number of methoxy groups -OCH3 is 1. The summed E-state index contributed by atoms with van der Waals surface area (Å²) >= 11 is 6.08. The Bertz CT molecular complexity index is 3760. The number of aromatic hydroxyl groups is 2. The minimum Gasteiger partial charge on any atom is -0.507 e. The third kappa shape index (κ3) is 12.2. The highest BCUT2D eigenvalue weighted by Crippen LogP contribution is 2.53. The maximum absolute atomic E-state index is 15.9. The second-order valence-corrected chi connectivity index (χ2v) is 24.7. The van der Waals surface area contributed by atoms with Crippen molar-refractivity contribution in [2.75, 3.05) is 48.9 Å². The Morgan fingerprint density at radius 3 is 2.35 bits per heavy atom. The van der Waals surface area contributed by atoms with Gasteiger partial charge in [-0.3, -0.25) is 23.9 Å². The summed E-state index contributed by atoms with van der Waals surface area (Å²) in [7, 11) is -0.309. The lowest BCUT2D eigenvalue weighted by atomic mass is 9.72. The third-order valence-electron chi connectivity index (χ3n) is 14.3. The molecule has 4 aromatic carbocycles. The van der Waals surface area contributed by atoms with Gasteiger partial charge in [-0.05, 0) is 55.3 Å². The number of alkyl carbamates (subject to hydrolysis) is 1. The van der Waals surface area contributed by atoms with Crippen molar-refractivity contribution in [3.8, 4) is 28.4 Å². The predicted molar refractivity (Wildman–Crippen MR) is 301 cm³/mol. The molecule has 84 heavy (non-hydrogen) atoms. The van der Waals surface area contributed by atoms with Crippen molar-refractivity contribution in [2.45, 2.75) is 75.8 Å². The number of hydrogen-bond donors (Lipinski definition) is 7. The van der Waals surface area contributed by atoms with Crippen LogP contribution in [0.2, 0.25) is 5.02 Å². The number of ether oxygens (including phenoxy) is 5. The largest absolute Gasteiger partial charge is 0.507 e. The van der Waals surface area contributed by atoms with Crippen LogP contribution in [0, 0.1) is 11.6 Å². The first-order valence-electron chi connectivity index (χ1n) is 25.9. The first-order valence-corrected chi connectivity index (χ1v) is 30.4. The number of benzene rings is 4. The van der Waals surface area contributed by atoms with E-state index in [9.17, 15) is 62.7 Å². The number of phenols is 2. The number of aliphatic hydroxyl groups excluding tert-OH is 2. The number of Topliss-reactive ketones (excluding diaryl/α,β-unsaturated/α-hetero) is 1. The zero-order chi connectivity index (χ0) is 60.5. The van der Waals surface area contributed by atoms with Crippen molar-refractivity contribution >= 4 is 95.3 Å². The van der Waals surface area contributed by atoms with E-state index in [2.05, 4.69) is 10.3 Å². The molecule has 6 aromatic rings. The lowest BCUT2D eigenvalue weighted by Crippen LogP contribution is -2.56. The topological polar surface area (TPSA) is 326 Å². The molecule has 0 bridgehead atoms. The van der Waals surface area contributed by atoms with E-state index in [1.807, 2.05) is 4.72 Å². The number of carbonyl (C=O) groups excluding carboxylic acids is 6. The molecule has 444 valence electrons. The summed E-state index contributed by atoms with van der Waals surface area (Å²) in [5.74, 6) is -8.33. The van der Waals surface area contributed by atoms with Gasteiger partial charge in [0, 0.05) is 75.8 Å². The molecule has 2 aliphatic carbocycles. The Labute approximate surface area is 490 Å². The van der Waals surface area contributed by atoms with Crippen LogP contribution in [0.15, 0.2) is 73.1 Å². The summed E-state index contributed by atoms with van der Waals surface area (Å²) in [6, 6.07) is 12.8. The molecule has 3 aliphatic rings. The Morgan fingerprint density at radius 2 is 1.65 bits per heavy atom. The first kappa shape index (κ1) is 61.4. The van der Waals surface area contributed by atoms with Crippen LogP contribution < -0.4 is 14.8 Å². The van der Waals surface area contributed by atoms with Gasteiger partial charge in [-0.1, -0.05) is 64.4 Å². The molecule has 1 amide bonds. The van der Waals surface area contributed by atoms with Crippen LogP contribution in [0.3, 0.4) is 0 Å². The molecule has 9 rings (SSSR count). The summed E-state index contributed by atoms with van der Waals surface area (Å²) in [6.45, 7) is 1.58. The van der Waals surface area contributed by atoms with Crippen LogP contribution in [0.5, 0.6) is 17.2 Å². The molecule has 28 heteroatoms. The minimum absolute atomic E-state index is 0.0104. The molecule has 1 fully saturated rings. The fourth-order valence-corrected chi connectivity index (χ4v) is 13.2. The summed E-state index contributed by atoms with van der Waals surface area (Å²) in [5.41, 5.74) is -5.60. The Kier molecular flexibility index (Phi) is 18.4. The highest BCUT2D eigenvalue weighted by molar-refractivity contribution is 8.76. The van der Waals surface area contributed by atoms with Gasteiger partial charge in [0.05, 0.1) is 64.6 Å². The van der Waals surface area contributed by atoms with Gasteiger partial charge in [-0.15, -0.1) is 0 Å². The van der Waals surface area contributed by atoms with Crippen molar-refractivity contribution < 1.29 is 95.2 Å². The summed E-state index contributed by atoms with van der Waals surface area (Å²) in [5, 5.41) is 59.1. The van der Waals surface area contributed by atoms with E-state index in [0.717, 1.165) is 22.9 Å². The molecule has 3 heterocycles. The molecular weight excluding hydrogens is 1190 g/mol. The fourth-order valence-electron chi connectivity index (χ4n) is 10.3. The number of anilines is 1. The van der Waals surface area contributed by atoms with E-state index in [4.69, 9.17) is 35.3 Å². The molecule has 2 aromatic heterocycles. The zero-order valence-electron chi connectivity index (χ0n) is 44.7. The highest BCUT2D eigenvalue weighted by Gasteiger charge is 2.50. The first-order chi connectivity index (χ1) is 40.0. The van der Waals surface area contributed by atoms with Gasteiger partial charge < -0.3 is 54.5 Å². The van der Waals surface area contributed by atoms with E-state index < -0.39 is 147 Å². The molecule has 0 saturated carbocycles. The van der Waals surface area contributed by atoms with Crippen LogP contribution in [0.4, 0.5) is 24.1 Å². The average molecular weight is 1240 g/mol. The Balaban J connectivity index is 0.813. The third-order valence-corrected chi connectivity index (χ3v) is 18.3. The SMILES string of the molecule is CCCS(=O)(=O)Nc1ccc(F)c(C(=O)c2cn(C(=O)OCCSSCCOC(=O)NC3CC(O[C@H]4C[C@](O)(C(=O)CO)Cc5c(O)c6c(c(O)c54)C(=O)c4c(OC)cccc4C6=O)OC(C)C3O)c3ncc(-c4ccc(Cl)cc4)cc23)c1F. The molecule has 22 nitrogen and oxygen atoms in total. The second kappa shape index (κ2) is 25.2. The van der Waals surface area contributed by atoms with Gasteiger partial charge in [0.15, 0.2) is 23.7 Å². The summed E-state index contributed by atoms with van der Waals surface area (Å²) in [6.07, 6.45) is -6.24. The van der Waals surface area contributed by atoms with Crippen LogP contribution in [-0.2, 0) is 40.2 Å². The summed E-state index contributed by atoms with van der Waals surface area (Å²) < 4.78 is 87.5. The van der Waals surface area contributed by atoms with Crippen LogP contribution in [0.1, 0.15) is 98.1 Å². The molecule has 4 unspecified atom stereocenters. The molecule has 1 aliphatic heterocycles. The molecule has 0 radical (unpaired) electrons. The van der Waals surface area contributed by atoms with E-state index in [-0.39, 0.29) is 87.9 Å². The lowest BCUT2D eigenvalue weighted by Gasteiger charge is -2.42. The van der Waals surface area contributed by atoms with E-state index in [1.165, 1.54) is 66.1 Å². The number of rotatable bonds is 20. The number of carbonyl (C=O) groups is 6. The lowest BCUT2D eigenvalue weighted by molar-refractivity contribution is -0.249. The van der Waals surface area contributed by atoms with E-state index in [1.54, 1.807) is 31.2 Å². The van der Waals surface area contributed by atoms with Gasteiger partial charge in [0.2, 0.25) is 21.6 Å². The average Bonchev–Trinajstić information content (AvgIpc) is 0.869. The van der Waals surface area contributed by atoms with Crippen molar-refractivity contribution in [3.63, 3.8) is 0 Å². The minimum atomic E-state index is -4.05. The number of amides is 1. The van der Waals surface area contributed by atoms with Crippen LogP contribution in [0.25, 0.3) is 22.2 Å². The van der Waals surface area contributed by atoms with Crippen LogP contribution in [-0.4, -0.2) is 153 Å². The number of aliphatic hydroxyl groups is 3. The number of sulfonamides is 1. The predicted octanol–water partition coefficient (Wildman–Crippen LogP) is 7.17. The number of pyridine rings is 1. The maximum Gasteiger partial charge on any atom is 0.419 e. The molecule has 6 atom stereocenters. The Hall–Kier alpha value is -7.21. The zero-order valence-corrected chi connectivity index (χ0v) is 47.9. The van der Waals surface area contributed by atoms with Gasteiger partial charge in [-0.2, -0.15) is 0 Å². The molecule has 7 N–H and O–H groups in total. The fraction of sp³-hybridized carbons (Fsp3) is 0.339. The number of hydrogen-bond acceptors (Lipinski definition) is 21. The van der Waals surface area contributed by atoms with Gasteiger partial charge >= 0.3 is 12.2 Å². The van der Waals surface area contributed by atoms with E-state index in [0.29, 0.717) is 16.1 Å². The Morgan fingerprint density at radius 1 is 0.952 bits per heavy atom. The number of nitrogens with one attached hydrogen (secondary N) is 2. The monoisotopic (exact) mass is 1240 g/mol. The van der Waals surface area contributed by atoms with Gasteiger partial charge in [0.25, 0.3) is 0 Å². The quantitative estimate of drug-likeness (QED) is 0.0172. The van der Waals surface area contributed by atoms with Gasteiger partial charge in [-0.25, -0.2) is 36.3 Å². The van der Waals surface area contributed by atoms with Crippen molar-refractivity contribution in [2.24, 2.45) is 0 Å². The number of fused-ring (bicyclic) bond motifs is 4. The highest BCUT2D eigenvalue weighted by atomic mass is 35.5. The maximum atomic E-state index is 15.9. The second-order valence-electron chi connectivity index (χ2n) is 19.7. The summed E-state index contributed by atoms with van der Waals surface area (Å²) in [4.78, 5) is 86.2. The molecule has 1 saturated heterocycles. The van der Waals surface area contributed by atoms with Crippen LogP contribution >= 0.6 is 33.2 Å². The van der Waals surface area contributed by atoms with Gasteiger partial charge in [0.1, 0.15) is 60.2 Å². The smallest absolute Gasteiger partial charge is 0.419 e. The van der Waals surface area contributed by atoms with Crippen molar-refractivity contribution in [1.82, 2.24) is 14.9 Å². The van der Waals surface area contributed by atoms with E-state index >= 15 is 8.78 Å². The standard InChI is InChI=1S/C56H53ClF2N4O18S3/c1-4-18-84(75,76)62-35-13-12-34(58)43(46(35)59)50(69)33-24-63(53-31(33)19-28(23-60-53)27-8-10-29(57)11-9-27)55(73)79-15-17-83-82-16-14-78-54(72)61-36-20-40(80-26(2)47(36)66)81-38-22-56(74,39(65)25-64)21-32-42(38)52(71)45-44(49(32)68)48(67)30-6-5-7-37(77-3)41(30)51(45)70/h5-13,19,23-24,26,36,38,40,47,62,64,66,68,71,74H,4,14-18,20-22,25H2,1-3H3,(H,61,72)/t26?,36?,38-,40?,47?,56-/m0/s1. The normalized spacial score (nSPS) is 20.1. The number of ketones is 4. The van der Waals surface area contributed by atoms with Crippen molar-refractivity contribution in [3.05, 3.63) is 134 Å².